The van der Waals surface area contributed by atoms with Crippen molar-refractivity contribution in [1.82, 2.24) is 4.90 Å². The zero-order chi connectivity index (χ0) is 22.5. The molecule has 1 saturated heterocycles. The number of primary amides is 1. The first-order chi connectivity index (χ1) is 15.5. The molecule has 2 aromatic rings. The molecule has 6 nitrogen and oxygen atoms in total. The number of carbonyl (C=O) groups excluding carboxylic acids is 1. The molecule has 0 radical (unpaired) electrons. The van der Waals surface area contributed by atoms with Crippen LogP contribution in [0.3, 0.4) is 0 Å². The number of benzene rings is 2. The normalized spacial score (nSPS) is 20.8. The summed E-state index contributed by atoms with van der Waals surface area (Å²) in [4.78, 5) is 16.5. The van der Waals surface area contributed by atoms with Gasteiger partial charge in [-0.05, 0) is 56.7 Å². The number of nitrogens with zero attached hydrogens (tertiary/aromatic N) is 2. The number of amides is 1. The zero-order valence-electron chi connectivity index (χ0n) is 19.2. The van der Waals surface area contributed by atoms with Gasteiger partial charge in [-0.3, -0.25) is 9.69 Å². The highest BCUT2D eigenvalue weighted by Gasteiger charge is 2.32. The Morgan fingerprint density at radius 3 is 2.53 bits per heavy atom. The molecule has 2 aliphatic rings. The van der Waals surface area contributed by atoms with Crippen molar-refractivity contribution in [3.63, 3.8) is 0 Å². The van der Waals surface area contributed by atoms with Gasteiger partial charge >= 0.3 is 0 Å². The van der Waals surface area contributed by atoms with E-state index in [0.29, 0.717) is 0 Å². The molecule has 4 rings (SSSR count). The molecular formula is C26H35N3O3. The van der Waals surface area contributed by atoms with Gasteiger partial charge in [-0.1, -0.05) is 30.3 Å². The summed E-state index contributed by atoms with van der Waals surface area (Å²) in [6.45, 7) is 4.30. The number of rotatable bonds is 8. The Balaban J connectivity index is 1.59. The molecule has 2 aromatic carbocycles. The fourth-order valence-electron chi connectivity index (χ4n) is 4.93. The highest BCUT2D eigenvalue weighted by molar-refractivity contribution is 5.79. The average molecular weight is 438 g/mol. The number of hydrogen-bond donors (Lipinski definition) is 1. The van der Waals surface area contributed by atoms with Crippen molar-refractivity contribution in [2.45, 2.75) is 57.2 Å². The molecule has 1 aliphatic carbocycles. The number of methoxy groups -OCH3 is 1. The molecular weight excluding hydrogens is 402 g/mol. The van der Waals surface area contributed by atoms with E-state index in [0.717, 1.165) is 56.1 Å². The topological polar surface area (TPSA) is 68.0 Å². The number of piperazine rings is 1. The van der Waals surface area contributed by atoms with Crippen molar-refractivity contribution in [3.8, 4) is 11.5 Å². The van der Waals surface area contributed by atoms with E-state index in [1.54, 1.807) is 7.11 Å². The van der Waals surface area contributed by atoms with Gasteiger partial charge in [-0.15, -0.1) is 0 Å². The first-order valence-corrected chi connectivity index (χ1v) is 11.7. The second kappa shape index (κ2) is 10.3. The zero-order valence-corrected chi connectivity index (χ0v) is 19.2. The van der Waals surface area contributed by atoms with Gasteiger partial charge in [0.15, 0.2) is 11.5 Å². The van der Waals surface area contributed by atoms with Crippen LogP contribution in [0.1, 0.15) is 38.2 Å². The minimum Gasteiger partial charge on any atom is -0.493 e. The predicted molar refractivity (Wildman–Crippen MR) is 127 cm³/mol. The summed E-state index contributed by atoms with van der Waals surface area (Å²) < 4.78 is 11.9. The molecule has 0 spiro atoms. The van der Waals surface area contributed by atoms with Crippen LogP contribution in [0.25, 0.3) is 0 Å². The summed E-state index contributed by atoms with van der Waals surface area (Å²) in [5.41, 5.74) is 8.03. The van der Waals surface area contributed by atoms with Crippen LogP contribution >= 0.6 is 0 Å². The van der Waals surface area contributed by atoms with E-state index in [-0.39, 0.29) is 24.1 Å². The smallest absolute Gasteiger partial charge is 0.234 e. The molecule has 1 saturated carbocycles. The lowest BCUT2D eigenvalue weighted by Gasteiger charge is -2.44. The molecule has 2 fully saturated rings. The summed E-state index contributed by atoms with van der Waals surface area (Å²) >= 11 is 0. The fourth-order valence-corrected chi connectivity index (χ4v) is 4.93. The van der Waals surface area contributed by atoms with E-state index >= 15 is 0 Å². The van der Waals surface area contributed by atoms with Crippen molar-refractivity contribution in [1.29, 1.82) is 0 Å². The summed E-state index contributed by atoms with van der Waals surface area (Å²) in [5, 5.41) is 0. The summed E-state index contributed by atoms with van der Waals surface area (Å²) in [6, 6.07) is 16.7. The molecule has 1 amide bonds. The summed E-state index contributed by atoms with van der Waals surface area (Å²) in [6.07, 6.45) is 5.83. The molecule has 1 aliphatic heterocycles. The van der Waals surface area contributed by atoms with E-state index in [9.17, 15) is 4.79 Å². The SMILES string of the molecule is COc1ccc(N2CCN(C(C)C(N)=O)CC2Cc2ccccc2)cc1OC1CCCC1. The van der Waals surface area contributed by atoms with Crippen LogP contribution in [-0.2, 0) is 11.2 Å². The van der Waals surface area contributed by atoms with E-state index in [2.05, 4.69) is 46.2 Å². The van der Waals surface area contributed by atoms with Gasteiger partial charge < -0.3 is 20.1 Å². The van der Waals surface area contributed by atoms with E-state index in [1.807, 2.05) is 19.1 Å². The van der Waals surface area contributed by atoms with Gasteiger partial charge in [0.05, 0.1) is 19.3 Å². The van der Waals surface area contributed by atoms with Gasteiger partial charge in [0.2, 0.25) is 5.91 Å². The predicted octanol–water partition coefficient (Wildman–Crippen LogP) is 3.62. The first-order valence-electron chi connectivity index (χ1n) is 11.7. The number of hydrogen-bond acceptors (Lipinski definition) is 5. The lowest BCUT2D eigenvalue weighted by Crippen LogP contribution is -2.58. The Hall–Kier alpha value is -2.73. The Morgan fingerprint density at radius 2 is 1.84 bits per heavy atom. The molecule has 0 aromatic heterocycles. The summed E-state index contributed by atoms with van der Waals surface area (Å²) in [7, 11) is 1.69. The Labute approximate surface area is 191 Å². The van der Waals surface area contributed by atoms with Crippen LogP contribution in [0.15, 0.2) is 48.5 Å². The van der Waals surface area contributed by atoms with Crippen LogP contribution in [0.2, 0.25) is 0 Å². The molecule has 0 bridgehead atoms. The van der Waals surface area contributed by atoms with Crippen molar-refractivity contribution >= 4 is 11.6 Å². The minimum atomic E-state index is -0.271. The standard InChI is InChI=1S/C26H35N3O3/c1-19(26(27)30)28-14-15-29(22(18-28)16-20-8-4-3-5-9-20)21-12-13-24(31-2)25(17-21)32-23-10-6-7-11-23/h3-5,8-9,12-13,17,19,22-23H,6-7,10-11,14-16,18H2,1-2H3,(H2,27,30). The van der Waals surface area contributed by atoms with E-state index in [4.69, 9.17) is 15.2 Å². The monoisotopic (exact) mass is 437 g/mol. The molecule has 6 heteroatoms. The van der Waals surface area contributed by atoms with Gasteiger partial charge in [-0.25, -0.2) is 0 Å². The maximum atomic E-state index is 11.8. The molecule has 1 heterocycles. The minimum absolute atomic E-state index is 0.223. The third-order valence-electron chi connectivity index (χ3n) is 6.86. The third kappa shape index (κ3) is 5.18. The van der Waals surface area contributed by atoms with Crippen LogP contribution in [-0.4, -0.2) is 55.7 Å². The number of nitrogens with two attached hydrogens (primary N) is 1. The number of anilines is 1. The Morgan fingerprint density at radius 1 is 1.09 bits per heavy atom. The Bertz CT molecular complexity index is 898. The highest BCUT2D eigenvalue weighted by atomic mass is 16.5. The average Bonchev–Trinajstić information content (AvgIpc) is 3.32. The van der Waals surface area contributed by atoms with E-state index < -0.39 is 0 Å². The van der Waals surface area contributed by atoms with Gasteiger partial charge in [-0.2, -0.15) is 0 Å². The van der Waals surface area contributed by atoms with Crippen molar-refractivity contribution < 1.29 is 14.3 Å². The number of carbonyl (C=O) groups is 1. The number of ether oxygens (including phenoxy) is 2. The van der Waals surface area contributed by atoms with E-state index in [1.165, 1.54) is 18.4 Å². The van der Waals surface area contributed by atoms with Crippen molar-refractivity contribution in [3.05, 3.63) is 54.1 Å². The first kappa shape index (κ1) is 22.5. The highest BCUT2D eigenvalue weighted by Crippen LogP contribution is 2.36. The van der Waals surface area contributed by atoms with Crippen molar-refractivity contribution in [2.75, 3.05) is 31.6 Å². The summed E-state index contributed by atoms with van der Waals surface area (Å²) in [5.74, 6) is 1.33. The van der Waals surface area contributed by atoms with Crippen LogP contribution in [0.4, 0.5) is 5.69 Å². The van der Waals surface area contributed by atoms with Crippen LogP contribution < -0.4 is 20.1 Å². The molecule has 32 heavy (non-hydrogen) atoms. The third-order valence-corrected chi connectivity index (χ3v) is 6.86. The second-order valence-electron chi connectivity index (χ2n) is 8.97. The Kier molecular flexibility index (Phi) is 7.20. The second-order valence-corrected chi connectivity index (χ2v) is 8.97. The van der Waals surface area contributed by atoms with Crippen LogP contribution in [0, 0.1) is 0 Å². The molecule has 2 unspecified atom stereocenters. The fraction of sp³-hybridized carbons (Fsp3) is 0.500. The maximum Gasteiger partial charge on any atom is 0.234 e. The molecule has 2 N–H and O–H groups in total. The molecule has 2 atom stereocenters. The van der Waals surface area contributed by atoms with Gasteiger partial charge in [0.1, 0.15) is 0 Å². The van der Waals surface area contributed by atoms with Crippen molar-refractivity contribution in [2.24, 2.45) is 5.73 Å². The quantitative estimate of drug-likeness (QED) is 0.683. The lowest BCUT2D eigenvalue weighted by molar-refractivity contribution is -0.122. The van der Waals surface area contributed by atoms with Gasteiger partial charge in [0.25, 0.3) is 0 Å². The largest absolute Gasteiger partial charge is 0.493 e. The van der Waals surface area contributed by atoms with Gasteiger partial charge in [0, 0.05) is 37.4 Å². The molecule has 172 valence electrons. The van der Waals surface area contributed by atoms with Crippen LogP contribution in [0.5, 0.6) is 11.5 Å². The lowest BCUT2D eigenvalue weighted by atomic mass is 10.00. The maximum absolute atomic E-state index is 11.8.